The number of hydrogen-bond acceptors (Lipinski definition) is 7. The molecule has 1 fully saturated rings. The number of hydrogen-bond donors (Lipinski definition) is 2. The van der Waals surface area contributed by atoms with Crippen LogP contribution in [0.4, 0.5) is 11.9 Å². The minimum Gasteiger partial charge on any atom is -0.453 e. The average Bonchev–Trinajstić information content (AvgIpc) is 2.46. The Morgan fingerprint density at radius 3 is 2.70 bits per heavy atom. The van der Waals surface area contributed by atoms with Crippen LogP contribution in [0, 0.1) is 0 Å². The van der Waals surface area contributed by atoms with Crippen molar-refractivity contribution < 1.29 is 9.53 Å². The van der Waals surface area contributed by atoms with Gasteiger partial charge in [0.1, 0.15) is 0 Å². The third-order valence-electron chi connectivity index (χ3n) is 2.92. The number of rotatable bonds is 6. The van der Waals surface area contributed by atoms with E-state index in [4.69, 9.17) is 10.5 Å². The number of nitrogens with one attached hydrogen (secondary N) is 1. The highest BCUT2D eigenvalue weighted by atomic mass is 16.5. The molecule has 1 saturated heterocycles. The summed E-state index contributed by atoms with van der Waals surface area (Å²) < 4.78 is 5.18. The number of carbonyl (C=O) groups is 1. The predicted molar refractivity (Wildman–Crippen MR) is 74.7 cm³/mol. The van der Waals surface area contributed by atoms with Crippen molar-refractivity contribution in [2.45, 2.75) is 26.2 Å². The number of piperidine rings is 1. The normalized spacial score (nSPS) is 14.9. The van der Waals surface area contributed by atoms with Crippen molar-refractivity contribution in [3.63, 3.8) is 0 Å². The van der Waals surface area contributed by atoms with Crippen LogP contribution in [0.3, 0.4) is 0 Å². The van der Waals surface area contributed by atoms with Gasteiger partial charge in [0.05, 0.1) is 0 Å². The van der Waals surface area contributed by atoms with Gasteiger partial charge in [-0.15, -0.1) is 0 Å². The van der Waals surface area contributed by atoms with Gasteiger partial charge in [-0.25, -0.2) is 0 Å². The van der Waals surface area contributed by atoms with Crippen LogP contribution in [-0.2, 0) is 4.79 Å². The summed E-state index contributed by atoms with van der Waals surface area (Å²) in [6, 6.07) is 0.121. The molecule has 1 aromatic heterocycles. The number of primary amides is 1. The molecule has 0 saturated carbocycles. The van der Waals surface area contributed by atoms with E-state index in [0.717, 1.165) is 25.9 Å². The molecule has 1 aromatic rings. The van der Waals surface area contributed by atoms with Gasteiger partial charge in [0.15, 0.2) is 6.61 Å². The summed E-state index contributed by atoms with van der Waals surface area (Å²) in [5.74, 6) is 0.465. The number of ether oxygens (including phenoxy) is 1. The second-order valence-electron chi connectivity index (χ2n) is 4.57. The zero-order chi connectivity index (χ0) is 14.4. The van der Waals surface area contributed by atoms with Crippen molar-refractivity contribution in [3.05, 3.63) is 0 Å². The lowest BCUT2D eigenvalue weighted by Crippen LogP contribution is -2.31. The molecule has 0 spiro atoms. The van der Waals surface area contributed by atoms with E-state index in [2.05, 4.69) is 25.2 Å². The van der Waals surface area contributed by atoms with Crippen LogP contribution in [0.15, 0.2) is 0 Å². The lowest BCUT2D eigenvalue weighted by molar-refractivity contribution is -0.120. The van der Waals surface area contributed by atoms with E-state index < -0.39 is 5.91 Å². The summed E-state index contributed by atoms with van der Waals surface area (Å²) in [6.45, 7) is 4.25. The zero-order valence-corrected chi connectivity index (χ0v) is 11.6. The maximum absolute atomic E-state index is 10.8. The zero-order valence-electron chi connectivity index (χ0n) is 11.6. The monoisotopic (exact) mass is 280 g/mol. The molecule has 3 N–H and O–H groups in total. The maximum atomic E-state index is 10.8. The molecule has 0 bridgehead atoms. The first kappa shape index (κ1) is 14.3. The van der Waals surface area contributed by atoms with Crippen molar-refractivity contribution >= 4 is 17.8 Å². The second kappa shape index (κ2) is 6.88. The molecule has 0 radical (unpaired) electrons. The number of nitrogens with zero attached hydrogens (tertiary/aromatic N) is 4. The van der Waals surface area contributed by atoms with Gasteiger partial charge in [0.25, 0.3) is 5.91 Å². The van der Waals surface area contributed by atoms with E-state index in [9.17, 15) is 4.79 Å². The fourth-order valence-corrected chi connectivity index (χ4v) is 2.02. The van der Waals surface area contributed by atoms with Gasteiger partial charge in [-0.2, -0.15) is 15.0 Å². The summed E-state index contributed by atoms with van der Waals surface area (Å²) in [6.07, 6.45) is 3.48. The van der Waals surface area contributed by atoms with Crippen molar-refractivity contribution in [1.29, 1.82) is 0 Å². The summed E-state index contributed by atoms with van der Waals surface area (Å²) in [5.41, 5.74) is 5.06. The van der Waals surface area contributed by atoms with Crippen LogP contribution in [0.1, 0.15) is 26.2 Å². The summed E-state index contributed by atoms with van der Waals surface area (Å²) in [4.78, 5) is 25.6. The summed E-state index contributed by atoms with van der Waals surface area (Å²) >= 11 is 0. The SMILES string of the molecule is CCNc1nc(OCC(N)=O)nc(N2CCCCC2)n1. The molecule has 8 heteroatoms. The number of aromatic nitrogens is 3. The van der Waals surface area contributed by atoms with E-state index in [1.165, 1.54) is 6.42 Å². The molecule has 2 rings (SSSR count). The molecular weight excluding hydrogens is 260 g/mol. The average molecular weight is 280 g/mol. The minimum absolute atomic E-state index is 0.121. The maximum Gasteiger partial charge on any atom is 0.323 e. The van der Waals surface area contributed by atoms with Crippen molar-refractivity contribution in [3.8, 4) is 6.01 Å². The van der Waals surface area contributed by atoms with Crippen LogP contribution >= 0.6 is 0 Å². The molecule has 8 nitrogen and oxygen atoms in total. The van der Waals surface area contributed by atoms with E-state index in [-0.39, 0.29) is 12.6 Å². The Hall–Kier alpha value is -2.12. The lowest BCUT2D eigenvalue weighted by atomic mass is 10.1. The van der Waals surface area contributed by atoms with E-state index >= 15 is 0 Å². The second-order valence-corrected chi connectivity index (χ2v) is 4.57. The molecule has 1 aliphatic rings. The van der Waals surface area contributed by atoms with Gasteiger partial charge in [0, 0.05) is 19.6 Å². The summed E-state index contributed by atoms with van der Waals surface area (Å²) in [7, 11) is 0. The van der Waals surface area contributed by atoms with Gasteiger partial charge >= 0.3 is 6.01 Å². The van der Waals surface area contributed by atoms with E-state index in [1.54, 1.807) is 0 Å². The smallest absolute Gasteiger partial charge is 0.323 e. The number of nitrogens with two attached hydrogens (primary N) is 1. The van der Waals surface area contributed by atoms with Gasteiger partial charge in [-0.1, -0.05) is 0 Å². The standard InChI is InChI=1S/C12H20N6O2/c1-2-14-10-15-11(18-6-4-3-5-7-18)17-12(16-10)20-8-9(13)19/h2-8H2,1H3,(H2,13,19)(H,14,15,16,17). The van der Waals surface area contributed by atoms with Gasteiger partial charge in [0.2, 0.25) is 11.9 Å². The first-order valence-corrected chi connectivity index (χ1v) is 6.85. The van der Waals surface area contributed by atoms with Crippen LogP contribution in [0.5, 0.6) is 6.01 Å². The van der Waals surface area contributed by atoms with E-state index in [0.29, 0.717) is 18.4 Å². The Balaban J connectivity index is 2.17. The van der Waals surface area contributed by atoms with Gasteiger partial charge < -0.3 is 20.7 Å². The lowest BCUT2D eigenvalue weighted by Gasteiger charge is -2.26. The first-order valence-electron chi connectivity index (χ1n) is 6.85. The number of carbonyl (C=O) groups excluding carboxylic acids is 1. The topological polar surface area (TPSA) is 106 Å². The summed E-state index contributed by atoms with van der Waals surface area (Å²) in [5, 5.41) is 3.03. The van der Waals surface area contributed by atoms with Crippen LogP contribution < -0.4 is 20.7 Å². The Kier molecular flexibility index (Phi) is 4.91. The largest absolute Gasteiger partial charge is 0.453 e. The molecule has 110 valence electrons. The Bertz CT molecular complexity index is 461. The molecule has 0 atom stereocenters. The third kappa shape index (κ3) is 3.94. The molecule has 20 heavy (non-hydrogen) atoms. The molecule has 1 amide bonds. The molecule has 1 aliphatic heterocycles. The number of anilines is 2. The molecule has 0 unspecified atom stereocenters. The minimum atomic E-state index is -0.560. The van der Waals surface area contributed by atoms with Gasteiger partial charge in [-0.05, 0) is 26.2 Å². The highest BCUT2D eigenvalue weighted by Gasteiger charge is 2.16. The highest BCUT2D eigenvalue weighted by molar-refractivity contribution is 5.75. The van der Waals surface area contributed by atoms with Gasteiger partial charge in [-0.3, -0.25) is 4.79 Å². The fourth-order valence-electron chi connectivity index (χ4n) is 2.02. The van der Waals surface area contributed by atoms with Crippen molar-refractivity contribution in [2.75, 3.05) is 36.5 Å². The van der Waals surface area contributed by atoms with Crippen molar-refractivity contribution in [1.82, 2.24) is 15.0 Å². The predicted octanol–water partition coefficient (Wildman–Crippen LogP) is 0.158. The molecule has 0 aliphatic carbocycles. The van der Waals surface area contributed by atoms with Crippen LogP contribution in [0.2, 0.25) is 0 Å². The third-order valence-corrected chi connectivity index (χ3v) is 2.92. The molecule has 0 aromatic carbocycles. The van der Waals surface area contributed by atoms with Crippen molar-refractivity contribution in [2.24, 2.45) is 5.73 Å². The molecular formula is C12H20N6O2. The Morgan fingerprint density at radius 2 is 2.05 bits per heavy atom. The van der Waals surface area contributed by atoms with Crippen LogP contribution in [-0.4, -0.2) is 47.1 Å². The van der Waals surface area contributed by atoms with E-state index in [1.807, 2.05) is 6.92 Å². The quantitative estimate of drug-likeness (QED) is 0.764. The first-order chi connectivity index (χ1) is 9.69. The van der Waals surface area contributed by atoms with Crippen LogP contribution in [0.25, 0.3) is 0 Å². The number of amides is 1. The highest BCUT2D eigenvalue weighted by Crippen LogP contribution is 2.19. The molecule has 2 heterocycles. The fraction of sp³-hybridized carbons (Fsp3) is 0.667. The Morgan fingerprint density at radius 1 is 1.30 bits per heavy atom. The Labute approximate surface area is 117 Å².